The SMILES string of the molecule is CCCCC1CCC(C(=O)NCC(C)CCC(=O)O)CC1. The molecule has 0 aliphatic heterocycles. The average Bonchev–Trinajstić information content (AvgIpc) is 2.49. The maximum absolute atomic E-state index is 12.1. The third kappa shape index (κ3) is 7.49. The summed E-state index contributed by atoms with van der Waals surface area (Å²) in [4.78, 5) is 22.6. The number of rotatable bonds is 9. The van der Waals surface area contributed by atoms with Crippen LogP contribution in [0.3, 0.4) is 0 Å². The van der Waals surface area contributed by atoms with Crippen molar-refractivity contribution < 1.29 is 14.7 Å². The Morgan fingerprint density at radius 2 is 1.90 bits per heavy atom. The Kier molecular flexibility index (Phi) is 8.40. The number of carbonyl (C=O) groups is 2. The number of unbranched alkanes of at least 4 members (excludes halogenated alkanes) is 1. The van der Waals surface area contributed by atoms with Crippen LogP contribution in [0.1, 0.15) is 71.6 Å². The summed E-state index contributed by atoms with van der Waals surface area (Å²) in [6, 6.07) is 0. The molecule has 0 spiro atoms. The summed E-state index contributed by atoms with van der Waals surface area (Å²) in [6.07, 6.45) is 9.10. The molecule has 4 nitrogen and oxygen atoms in total. The maximum Gasteiger partial charge on any atom is 0.303 e. The highest BCUT2D eigenvalue weighted by Gasteiger charge is 2.25. The summed E-state index contributed by atoms with van der Waals surface area (Å²) in [6.45, 7) is 4.82. The van der Waals surface area contributed by atoms with Crippen LogP contribution in [0.5, 0.6) is 0 Å². The van der Waals surface area contributed by atoms with Crippen LogP contribution in [0, 0.1) is 17.8 Å². The smallest absolute Gasteiger partial charge is 0.303 e. The lowest BCUT2D eigenvalue weighted by Crippen LogP contribution is -2.35. The van der Waals surface area contributed by atoms with Crippen molar-refractivity contribution in [2.75, 3.05) is 6.54 Å². The van der Waals surface area contributed by atoms with E-state index < -0.39 is 5.97 Å². The van der Waals surface area contributed by atoms with Gasteiger partial charge in [0.05, 0.1) is 0 Å². The molecule has 0 radical (unpaired) electrons. The summed E-state index contributed by atoms with van der Waals surface area (Å²) in [5, 5.41) is 11.6. The van der Waals surface area contributed by atoms with Gasteiger partial charge in [0.25, 0.3) is 0 Å². The van der Waals surface area contributed by atoms with Crippen LogP contribution in [0.25, 0.3) is 0 Å². The van der Waals surface area contributed by atoms with Gasteiger partial charge < -0.3 is 10.4 Å². The van der Waals surface area contributed by atoms with Crippen molar-refractivity contribution in [2.45, 2.75) is 71.6 Å². The molecule has 0 heterocycles. The lowest BCUT2D eigenvalue weighted by Gasteiger charge is -2.28. The highest BCUT2D eigenvalue weighted by molar-refractivity contribution is 5.78. The molecule has 21 heavy (non-hydrogen) atoms. The Morgan fingerprint density at radius 3 is 2.48 bits per heavy atom. The summed E-state index contributed by atoms with van der Waals surface area (Å²) in [7, 11) is 0. The van der Waals surface area contributed by atoms with E-state index in [1.165, 1.54) is 32.1 Å². The van der Waals surface area contributed by atoms with E-state index in [4.69, 9.17) is 5.11 Å². The first-order chi connectivity index (χ1) is 10.0. The van der Waals surface area contributed by atoms with Crippen molar-refractivity contribution in [2.24, 2.45) is 17.8 Å². The largest absolute Gasteiger partial charge is 0.481 e. The average molecular weight is 297 g/mol. The Morgan fingerprint density at radius 1 is 1.24 bits per heavy atom. The minimum Gasteiger partial charge on any atom is -0.481 e. The van der Waals surface area contributed by atoms with Crippen LogP contribution in [0.2, 0.25) is 0 Å². The molecule has 0 bridgehead atoms. The molecule has 1 aliphatic rings. The number of amides is 1. The van der Waals surface area contributed by atoms with Crippen molar-refractivity contribution in [3.8, 4) is 0 Å². The van der Waals surface area contributed by atoms with Crippen LogP contribution >= 0.6 is 0 Å². The van der Waals surface area contributed by atoms with E-state index in [1.807, 2.05) is 6.92 Å². The number of aliphatic carboxylic acids is 1. The zero-order valence-electron chi connectivity index (χ0n) is 13.6. The monoisotopic (exact) mass is 297 g/mol. The molecule has 0 saturated heterocycles. The summed E-state index contributed by atoms with van der Waals surface area (Å²) in [5.41, 5.74) is 0. The first kappa shape index (κ1) is 18.0. The van der Waals surface area contributed by atoms with Crippen molar-refractivity contribution in [1.29, 1.82) is 0 Å². The van der Waals surface area contributed by atoms with Gasteiger partial charge in [-0.05, 0) is 43.9 Å². The van der Waals surface area contributed by atoms with Gasteiger partial charge in [0, 0.05) is 18.9 Å². The molecule has 0 aromatic heterocycles. The Hall–Kier alpha value is -1.06. The molecule has 1 aliphatic carbocycles. The fraction of sp³-hybridized carbons (Fsp3) is 0.882. The number of carboxylic acids is 1. The van der Waals surface area contributed by atoms with Crippen LogP contribution < -0.4 is 5.32 Å². The Balaban J connectivity index is 2.17. The maximum atomic E-state index is 12.1. The highest BCUT2D eigenvalue weighted by atomic mass is 16.4. The number of carbonyl (C=O) groups excluding carboxylic acids is 1. The van der Waals surface area contributed by atoms with Gasteiger partial charge in [-0.2, -0.15) is 0 Å². The number of hydrogen-bond donors (Lipinski definition) is 2. The molecular weight excluding hydrogens is 266 g/mol. The molecule has 1 amide bonds. The fourth-order valence-corrected chi connectivity index (χ4v) is 3.10. The summed E-state index contributed by atoms with van der Waals surface area (Å²) in [5.74, 6) is 0.633. The van der Waals surface area contributed by atoms with Gasteiger partial charge in [-0.15, -0.1) is 0 Å². The van der Waals surface area contributed by atoms with Crippen molar-refractivity contribution in [3.63, 3.8) is 0 Å². The topological polar surface area (TPSA) is 66.4 Å². The van der Waals surface area contributed by atoms with Crippen LogP contribution in [-0.4, -0.2) is 23.5 Å². The zero-order chi connectivity index (χ0) is 15.7. The minimum atomic E-state index is -0.765. The van der Waals surface area contributed by atoms with Gasteiger partial charge in [-0.25, -0.2) is 0 Å². The predicted octanol–water partition coefficient (Wildman–Crippen LogP) is 3.60. The molecular formula is C17H31NO3. The summed E-state index contributed by atoms with van der Waals surface area (Å²) >= 11 is 0. The number of hydrogen-bond acceptors (Lipinski definition) is 2. The molecule has 1 atom stereocenters. The quantitative estimate of drug-likeness (QED) is 0.683. The number of carboxylic acid groups (broad SMARTS) is 1. The minimum absolute atomic E-state index is 0.172. The Bertz CT molecular complexity index is 322. The third-order valence-corrected chi connectivity index (χ3v) is 4.66. The van der Waals surface area contributed by atoms with E-state index >= 15 is 0 Å². The van der Waals surface area contributed by atoms with Gasteiger partial charge in [-0.1, -0.05) is 33.1 Å². The van der Waals surface area contributed by atoms with Gasteiger partial charge in [0.2, 0.25) is 5.91 Å². The zero-order valence-corrected chi connectivity index (χ0v) is 13.6. The first-order valence-electron chi connectivity index (χ1n) is 8.52. The molecule has 1 rings (SSSR count). The second-order valence-electron chi connectivity index (χ2n) is 6.64. The second-order valence-corrected chi connectivity index (χ2v) is 6.64. The van der Waals surface area contributed by atoms with Crippen LogP contribution in [0.15, 0.2) is 0 Å². The molecule has 0 aromatic carbocycles. The van der Waals surface area contributed by atoms with Crippen molar-refractivity contribution >= 4 is 11.9 Å². The lowest BCUT2D eigenvalue weighted by molar-refractivity contribution is -0.137. The molecule has 122 valence electrons. The van der Waals surface area contributed by atoms with Gasteiger partial charge in [0.15, 0.2) is 0 Å². The van der Waals surface area contributed by atoms with Gasteiger partial charge in [-0.3, -0.25) is 9.59 Å². The van der Waals surface area contributed by atoms with Crippen LogP contribution in [0.4, 0.5) is 0 Å². The molecule has 1 unspecified atom stereocenters. The molecule has 2 N–H and O–H groups in total. The molecule has 0 aromatic rings. The first-order valence-corrected chi connectivity index (χ1v) is 8.52. The predicted molar refractivity (Wildman–Crippen MR) is 84.0 cm³/mol. The fourth-order valence-electron chi connectivity index (χ4n) is 3.10. The molecule has 1 saturated carbocycles. The van der Waals surface area contributed by atoms with E-state index in [-0.39, 0.29) is 24.2 Å². The highest BCUT2D eigenvalue weighted by Crippen LogP contribution is 2.31. The van der Waals surface area contributed by atoms with E-state index in [9.17, 15) is 9.59 Å². The van der Waals surface area contributed by atoms with E-state index in [1.54, 1.807) is 0 Å². The standard InChI is InChI=1S/C17H31NO3/c1-3-4-5-14-7-9-15(10-8-14)17(21)18-12-13(2)6-11-16(19)20/h13-15H,3-12H2,1-2H3,(H,18,21)(H,19,20). The number of nitrogens with one attached hydrogen (secondary N) is 1. The lowest BCUT2D eigenvalue weighted by atomic mass is 9.79. The molecule has 4 heteroatoms. The normalized spacial score (nSPS) is 23.5. The van der Waals surface area contributed by atoms with Crippen molar-refractivity contribution in [1.82, 2.24) is 5.32 Å². The van der Waals surface area contributed by atoms with Crippen molar-refractivity contribution in [3.05, 3.63) is 0 Å². The third-order valence-electron chi connectivity index (χ3n) is 4.66. The van der Waals surface area contributed by atoms with Gasteiger partial charge >= 0.3 is 5.97 Å². The Labute approximate surface area is 128 Å². The van der Waals surface area contributed by atoms with E-state index in [0.29, 0.717) is 13.0 Å². The van der Waals surface area contributed by atoms with Crippen LogP contribution in [-0.2, 0) is 9.59 Å². The van der Waals surface area contributed by atoms with Gasteiger partial charge in [0.1, 0.15) is 0 Å². The van der Waals surface area contributed by atoms with E-state index in [2.05, 4.69) is 12.2 Å². The second kappa shape index (κ2) is 9.80. The molecule has 1 fully saturated rings. The van der Waals surface area contributed by atoms with E-state index in [0.717, 1.165) is 18.8 Å². The summed E-state index contributed by atoms with van der Waals surface area (Å²) < 4.78 is 0.